The minimum atomic E-state index is -0.0474. The van der Waals surface area contributed by atoms with E-state index >= 15 is 0 Å². The van der Waals surface area contributed by atoms with Gasteiger partial charge in [-0.05, 0) is 34.2 Å². The number of hydrogen-bond acceptors (Lipinski definition) is 1. The van der Waals surface area contributed by atoms with E-state index < -0.39 is 0 Å². The summed E-state index contributed by atoms with van der Waals surface area (Å²) in [6.45, 7) is 4.82. The van der Waals surface area contributed by atoms with Crippen LogP contribution in [0.4, 0.5) is 0 Å². The summed E-state index contributed by atoms with van der Waals surface area (Å²) in [5, 5.41) is 5.58. The van der Waals surface area contributed by atoms with Crippen LogP contribution in [-0.2, 0) is 11.2 Å². The summed E-state index contributed by atoms with van der Waals surface area (Å²) in [5.74, 6) is 0.388. The van der Waals surface area contributed by atoms with Crippen LogP contribution in [0.25, 0.3) is 10.8 Å². The second-order valence-electron chi connectivity index (χ2n) is 6.80. The molecule has 3 aromatic carbocycles. The minimum absolute atomic E-state index is 0.0474. The molecule has 0 saturated carbocycles. The van der Waals surface area contributed by atoms with Gasteiger partial charge in [0, 0.05) is 12.5 Å². The Balaban J connectivity index is 1.61. The van der Waals surface area contributed by atoms with Gasteiger partial charge < -0.3 is 5.32 Å². The first-order valence-corrected chi connectivity index (χ1v) is 8.94. The fraction of sp³-hybridized carbons (Fsp3) is 0.261. The van der Waals surface area contributed by atoms with Crippen LogP contribution in [0.2, 0.25) is 0 Å². The molecule has 0 fully saturated rings. The van der Waals surface area contributed by atoms with Crippen molar-refractivity contribution in [1.29, 1.82) is 0 Å². The lowest BCUT2D eigenvalue weighted by molar-refractivity contribution is -0.124. The quantitative estimate of drug-likeness (QED) is 0.681. The average molecular weight is 331 g/mol. The molecule has 0 spiro atoms. The van der Waals surface area contributed by atoms with Crippen molar-refractivity contribution in [1.82, 2.24) is 5.32 Å². The summed E-state index contributed by atoms with van der Waals surface area (Å²) in [6.07, 6.45) is 0.757. The lowest BCUT2D eigenvalue weighted by atomic mass is 9.95. The highest BCUT2D eigenvalue weighted by Gasteiger charge is 2.16. The van der Waals surface area contributed by atoms with Crippen molar-refractivity contribution >= 4 is 16.7 Å². The third-order valence-electron chi connectivity index (χ3n) is 4.80. The molecule has 25 heavy (non-hydrogen) atoms. The molecule has 0 heterocycles. The van der Waals surface area contributed by atoms with Gasteiger partial charge in [0.1, 0.15) is 0 Å². The van der Waals surface area contributed by atoms with Gasteiger partial charge in [-0.2, -0.15) is 0 Å². The lowest BCUT2D eigenvalue weighted by Gasteiger charge is -2.17. The van der Waals surface area contributed by atoms with Crippen LogP contribution in [0.5, 0.6) is 0 Å². The molecule has 128 valence electrons. The first-order valence-electron chi connectivity index (χ1n) is 8.94. The molecule has 1 amide bonds. The highest BCUT2D eigenvalue weighted by molar-refractivity contribution is 5.86. The molecular weight excluding hydrogens is 306 g/mol. The molecular formula is C23H25NO. The standard InChI is InChI=1S/C23H25NO/c1-17(15-21-13-8-12-20-11-6-7-14-22(20)21)23(25)24-16-18(2)19-9-4-3-5-10-19/h3-14,17-18H,15-16H2,1-2H3,(H,24,25)/t17-,18-/m1/s1. The van der Waals surface area contributed by atoms with Crippen molar-refractivity contribution in [2.24, 2.45) is 5.92 Å². The van der Waals surface area contributed by atoms with Crippen LogP contribution in [0.15, 0.2) is 72.8 Å². The Morgan fingerprint density at radius 3 is 2.36 bits per heavy atom. The number of carbonyl (C=O) groups excluding carboxylic acids is 1. The molecule has 0 bridgehead atoms. The van der Waals surface area contributed by atoms with Crippen molar-refractivity contribution < 1.29 is 4.79 Å². The van der Waals surface area contributed by atoms with Crippen LogP contribution in [0.1, 0.15) is 30.9 Å². The largest absolute Gasteiger partial charge is 0.355 e. The van der Waals surface area contributed by atoms with E-state index in [0.29, 0.717) is 12.5 Å². The number of fused-ring (bicyclic) bond motifs is 1. The summed E-state index contributed by atoms with van der Waals surface area (Å²) in [7, 11) is 0. The molecule has 2 heteroatoms. The van der Waals surface area contributed by atoms with Crippen molar-refractivity contribution in [3.8, 4) is 0 Å². The van der Waals surface area contributed by atoms with Crippen LogP contribution >= 0.6 is 0 Å². The zero-order chi connectivity index (χ0) is 17.6. The molecule has 0 aliphatic carbocycles. The Morgan fingerprint density at radius 2 is 1.56 bits per heavy atom. The predicted octanol–water partition coefficient (Wildman–Crippen LogP) is 4.94. The molecule has 0 aromatic heterocycles. The first kappa shape index (κ1) is 17.2. The molecule has 0 aliphatic heterocycles. The van der Waals surface area contributed by atoms with Crippen molar-refractivity contribution in [2.45, 2.75) is 26.2 Å². The topological polar surface area (TPSA) is 29.1 Å². The summed E-state index contributed by atoms with van der Waals surface area (Å²) >= 11 is 0. The van der Waals surface area contributed by atoms with E-state index in [1.54, 1.807) is 0 Å². The van der Waals surface area contributed by atoms with Crippen molar-refractivity contribution in [3.63, 3.8) is 0 Å². The molecule has 0 saturated heterocycles. The number of amides is 1. The first-order chi connectivity index (χ1) is 12.1. The van der Waals surface area contributed by atoms with Crippen LogP contribution in [-0.4, -0.2) is 12.5 Å². The maximum Gasteiger partial charge on any atom is 0.223 e. The third kappa shape index (κ3) is 4.27. The second-order valence-corrected chi connectivity index (χ2v) is 6.80. The normalized spacial score (nSPS) is 13.4. The van der Waals surface area contributed by atoms with Crippen LogP contribution in [0.3, 0.4) is 0 Å². The van der Waals surface area contributed by atoms with Crippen molar-refractivity contribution in [3.05, 3.63) is 83.9 Å². The summed E-state index contributed by atoms with van der Waals surface area (Å²) in [5.41, 5.74) is 2.49. The second kappa shape index (κ2) is 7.98. The predicted molar refractivity (Wildman–Crippen MR) is 105 cm³/mol. The highest BCUT2D eigenvalue weighted by atomic mass is 16.1. The number of nitrogens with one attached hydrogen (secondary N) is 1. The van der Waals surface area contributed by atoms with Gasteiger partial charge in [0.15, 0.2) is 0 Å². The van der Waals surface area contributed by atoms with Gasteiger partial charge in [0.2, 0.25) is 5.91 Å². The average Bonchev–Trinajstić information content (AvgIpc) is 2.66. The number of hydrogen-bond donors (Lipinski definition) is 1. The van der Waals surface area contributed by atoms with Gasteiger partial charge in [-0.25, -0.2) is 0 Å². The van der Waals surface area contributed by atoms with Crippen molar-refractivity contribution in [2.75, 3.05) is 6.54 Å². The highest BCUT2D eigenvalue weighted by Crippen LogP contribution is 2.21. The zero-order valence-corrected chi connectivity index (χ0v) is 14.9. The van der Waals surface area contributed by atoms with Gasteiger partial charge in [0.25, 0.3) is 0 Å². The molecule has 0 radical (unpaired) electrons. The molecule has 0 unspecified atom stereocenters. The Kier molecular flexibility index (Phi) is 5.49. The fourth-order valence-corrected chi connectivity index (χ4v) is 3.22. The molecule has 0 aliphatic rings. The Labute approximate surface area is 149 Å². The van der Waals surface area contributed by atoms with E-state index in [-0.39, 0.29) is 11.8 Å². The molecule has 2 nitrogen and oxygen atoms in total. The summed E-state index contributed by atoms with van der Waals surface area (Å²) < 4.78 is 0. The van der Waals surface area contributed by atoms with Gasteiger partial charge in [-0.1, -0.05) is 86.6 Å². The van der Waals surface area contributed by atoms with Crippen LogP contribution in [0, 0.1) is 5.92 Å². The Bertz CT molecular complexity index is 836. The van der Waals surface area contributed by atoms with Crippen LogP contribution < -0.4 is 5.32 Å². The Hall–Kier alpha value is -2.61. The zero-order valence-electron chi connectivity index (χ0n) is 14.9. The van der Waals surface area contributed by atoms with E-state index in [2.05, 4.69) is 60.8 Å². The smallest absolute Gasteiger partial charge is 0.223 e. The monoisotopic (exact) mass is 331 g/mol. The SMILES string of the molecule is C[C@H](Cc1cccc2ccccc12)C(=O)NC[C@@H](C)c1ccccc1. The van der Waals surface area contributed by atoms with E-state index in [4.69, 9.17) is 0 Å². The van der Waals surface area contributed by atoms with Gasteiger partial charge in [-0.3, -0.25) is 4.79 Å². The molecule has 1 N–H and O–H groups in total. The lowest BCUT2D eigenvalue weighted by Crippen LogP contribution is -2.33. The van der Waals surface area contributed by atoms with Gasteiger partial charge >= 0.3 is 0 Å². The van der Waals surface area contributed by atoms with Gasteiger partial charge in [-0.15, -0.1) is 0 Å². The van der Waals surface area contributed by atoms with E-state index in [9.17, 15) is 4.79 Å². The maximum absolute atomic E-state index is 12.5. The maximum atomic E-state index is 12.5. The third-order valence-corrected chi connectivity index (χ3v) is 4.80. The minimum Gasteiger partial charge on any atom is -0.355 e. The van der Waals surface area contributed by atoms with E-state index in [1.165, 1.54) is 21.9 Å². The van der Waals surface area contributed by atoms with E-state index in [1.807, 2.05) is 31.2 Å². The molecule has 3 aromatic rings. The summed E-state index contributed by atoms with van der Waals surface area (Å²) in [6, 6.07) is 25.0. The molecule has 2 atom stereocenters. The Morgan fingerprint density at radius 1 is 0.880 bits per heavy atom. The van der Waals surface area contributed by atoms with Gasteiger partial charge in [0.05, 0.1) is 0 Å². The fourth-order valence-electron chi connectivity index (χ4n) is 3.22. The van der Waals surface area contributed by atoms with E-state index in [0.717, 1.165) is 6.42 Å². The summed E-state index contributed by atoms with van der Waals surface area (Å²) in [4.78, 5) is 12.5. The number of rotatable bonds is 6. The molecule has 3 rings (SSSR count). The number of carbonyl (C=O) groups is 1. The number of benzene rings is 3.